The van der Waals surface area contributed by atoms with E-state index in [-0.39, 0.29) is 28.8 Å². The summed E-state index contributed by atoms with van der Waals surface area (Å²) in [4.78, 5) is 34.5. The molecule has 3 aliphatic heterocycles. The maximum absolute atomic E-state index is 12.0. The van der Waals surface area contributed by atoms with Gasteiger partial charge in [-0.2, -0.15) is 0 Å². The van der Waals surface area contributed by atoms with Crippen LogP contribution in [-0.4, -0.2) is 68.6 Å². The van der Waals surface area contributed by atoms with E-state index in [0.717, 1.165) is 19.5 Å². The molecule has 5 N–H and O–H groups in total. The Morgan fingerprint density at radius 3 is 2.56 bits per heavy atom. The Kier molecular flexibility index (Phi) is 5.45. The highest BCUT2D eigenvalue weighted by Crippen LogP contribution is 2.54. The number of fused-ring (bicyclic) bond motifs is 1. The number of carbonyl (C=O) groups excluding carboxylic acids is 2. The molecule has 0 spiro atoms. The van der Waals surface area contributed by atoms with Gasteiger partial charge >= 0.3 is 5.97 Å². The number of carboxylic acids is 1. The first-order chi connectivity index (χ1) is 11.8. The summed E-state index contributed by atoms with van der Waals surface area (Å²) in [5.41, 5.74) is 5.11. The van der Waals surface area contributed by atoms with Gasteiger partial charge in [0.2, 0.25) is 5.91 Å². The van der Waals surface area contributed by atoms with Crippen LogP contribution in [0.1, 0.15) is 19.8 Å². The number of aliphatic carboxylic acids is 1. The lowest BCUT2D eigenvalue weighted by Crippen LogP contribution is -2.60. The van der Waals surface area contributed by atoms with Gasteiger partial charge in [-0.1, -0.05) is 11.8 Å². The fraction of sp³-hybridized carbons (Fsp3) is 0.667. The third kappa shape index (κ3) is 3.72. The van der Waals surface area contributed by atoms with Crippen LogP contribution in [0.5, 0.6) is 0 Å². The van der Waals surface area contributed by atoms with Crippen molar-refractivity contribution in [1.29, 1.82) is 0 Å². The molecular weight excluding hydrogens is 366 g/mol. The number of aliphatic hydroxyl groups is 1. The number of nitrogens with one attached hydrogen (secondary N) is 1. The number of hydrogen-bond acceptors (Lipinski definition) is 8. The van der Waals surface area contributed by atoms with Crippen LogP contribution in [-0.2, 0) is 14.4 Å². The highest BCUT2D eigenvalue weighted by Gasteiger charge is 2.57. The lowest BCUT2D eigenvalue weighted by atomic mass is 9.92. The van der Waals surface area contributed by atoms with Crippen LogP contribution in [0.3, 0.4) is 0 Å². The highest BCUT2D eigenvalue weighted by molar-refractivity contribution is 8.23. The normalized spacial score (nSPS) is 34.3. The lowest BCUT2D eigenvalue weighted by molar-refractivity contribution is -0.156. The average molecular weight is 387 g/mol. The second-order valence-electron chi connectivity index (χ2n) is 6.43. The van der Waals surface area contributed by atoms with Gasteiger partial charge in [0.15, 0.2) is 11.5 Å². The van der Waals surface area contributed by atoms with Crippen molar-refractivity contribution >= 4 is 41.2 Å². The molecule has 138 valence electrons. The van der Waals surface area contributed by atoms with Gasteiger partial charge in [-0.3, -0.25) is 14.5 Å². The summed E-state index contributed by atoms with van der Waals surface area (Å²) in [6.45, 7) is 3.38. The van der Waals surface area contributed by atoms with Gasteiger partial charge < -0.3 is 21.3 Å². The average Bonchev–Trinajstić information content (AvgIpc) is 2.95. The van der Waals surface area contributed by atoms with E-state index in [9.17, 15) is 24.6 Å². The van der Waals surface area contributed by atoms with Crippen molar-refractivity contribution < 1.29 is 24.6 Å². The van der Waals surface area contributed by atoms with E-state index < -0.39 is 18.0 Å². The molecule has 25 heavy (non-hydrogen) atoms. The van der Waals surface area contributed by atoms with Gasteiger partial charge in [0.25, 0.3) is 0 Å². The number of Topliss-reactive ketones (excluding diaryl/α,β-unsaturated/α-hetero) is 1. The number of hydrogen-bond donors (Lipinski definition) is 4. The number of β-lactam (4-membered cyclic amide) rings is 1. The molecule has 3 fully saturated rings. The van der Waals surface area contributed by atoms with Crippen LogP contribution in [0.2, 0.25) is 0 Å². The standard InChI is InChI=1S/C12H16N2O4S2.C3H5NO/c1-5(15)7-9(16)14-8(11(17)18)12(20-10(7)14)19-6-2-3-13-4-6;4-2-1-3(2)5/h5-7,10,13,15H,2-4H2,1H3,(H,17,18);2H,1,4H2/t5?,6?,7?,10-;/m1./s1. The number of carboxylic acid groups (broad SMARTS) is 1. The number of aliphatic hydroxyl groups excluding tert-OH is 1. The lowest BCUT2D eigenvalue weighted by Gasteiger charge is -2.43. The summed E-state index contributed by atoms with van der Waals surface area (Å²) in [5, 5.41) is 22.3. The zero-order valence-corrected chi connectivity index (χ0v) is 15.3. The van der Waals surface area contributed by atoms with E-state index in [4.69, 9.17) is 5.73 Å². The molecule has 0 radical (unpaired) electrons. The predicted molar refractivity (Wildman–Crippen MR) is 94.5 cm³/mol. The number of amides is 1. The number of nitrogens with zero attached hydrogens (tertiary/aromatic N) is 1. The Bertz CT molecular complexity index is 633. The van der Waals surface area contributed by atoms with Crippen molar-refractivity contribution in [3.05, 3.63) is 9.93 Å². The van der Waals surface area contributed by atoms with Crippen molar-refractivity contribution in [3.63, 3.8) is 0 Å². The minimum atomic E-state index is -1.06. The Morgan fingerprint density at radius 1 is 1.48 bits per heavy atom. The first-order valence-electron chi connectivity index (χ1n) is 8.12. The summed E-state index contributed by atoms with van der Waals surface area (Å²) in [6, 6.07) is -0.0880. The van der Waals surface area contributed by atoms with Crippen molar-refractivity contribution in [2.75, 3.05) is 13.1 Å². The molecule has 4 unspecified atom stereocenters. The van der Waals surface area contributed by atoms with Gasteiger partial charge in [0.1, 0.15) is 5.37 Å². The van der Waals surface area contributed by atoms with Crippen molar-refractivity contribution in [3.8, 4) is 0 Å². The molecule has 0 aromatic heterocycles. The molecule has 4 aliphatic rings. The van der Waals surface area contributed by atoms with E-state index in [1.807, 2.05) is 0 Å². The third-order valence-corrected chi connectivity index (χ3v) is 7.31. The van der Waals surface area contributed by atoms with E-state index in [0.29, 0.717) is 15.9 Å². The molecule has 10 heteroatoms. The van der Waals surface area contributed by atoms with E-state index in [1.165, 1.54) is 28.4 Å². The second kappa shape index (κ2) is 7.28. The number of thioether (sulfide) groups is 2. The topological polar surface area (TPSA) is 133 Å². The minimum Gasteiger partial charge on any atom is -0.477 e. The summed E-state index contributed by atoms with van der Waals surface area (Å²) in [5.74, 6) is -1.64. The van der Waals surface area contributed by atoms with Gasteiger partial charge in [0, 0.05) is 18.2 Å². The summed E-state index contributed by atoms with van der Waals surface area (Å²) < 4.78 is 0.702. The Balaban J connectivity index is 0.000000314. The molecule has 4 rings (SSSR count). The largest absolute Gasteiger partial charge is 0.477 e. The van der Waals surface area contributed by atoms with Crippen LogP contribution >= 0.6 is 23.5 Å². The summed E-state index contributed by atoms with van der Waals surface area (Å²) in [7, 11) is 0. The van der Waals surface area contributed by atoms with Crippen molar-refractivity contribution in [2.45, 2.75) is 42.5 Å². The third-order valence-electron chi connectivity index (χ3n) is 4.43. The van der Waals surface area contributed by atoms with Crippen LogP contribution in [0.4, 0.5) is 0 Å². The Morgan fingerprint density at radius 2 is 2.12 bits per heavy atom. The maximum atomic E-state index is 12.0. The molecule has 1 saturated carbocycles. The smallest absolute Gasteiger partial charge is 0.354 e. The fourth-order valence-corrected chi connectivity index (χ4v) is 6.16. The molecule has 0 bridgehead atoms. The molecule has 3 heterocycles. The zero-order chi connectivity index (χ0) is 18.3. The number of rotatable bonds is 4. The fourth-order valence-electron chi connectivity index (χ4n) is 2.87. The number of nitrogens with two attached hydrogens (primary N) is 1. The summed E-state index contributed by atoms with van der Waals surface area (Å²) >= 11 is 2.94. The van der Waals surface area contributed by atoms with Crippen LogP contribution in [0.15, 0.2) is 9.93 Å². The molecule has 0 aromatic carbocycles. The minimum absolute atomic E-state index is 0.0880. The first-order valence-corrected chi connectivity index (χ1v) is 9.88. The monoisotopic (exact) mass is 387 g/mol. The molecule has 1 aliphatic carbocycles. The Labute approximate surface area is 153 Å². The van der Waals surface area contributed by atoms with Crippen LogP contribution < -0.4 is 11.1 Å². The first kappa shape index (κ1) is 18.7. The van der Waals surface area contributed by atoms with Gasteiger partial charge in [-0.25, -0.2) is 4.79 Å². The quantitative estimate of drug-likeness (QED) is 0.473. The Hall–Kier alpha value is -1.07. The van der Waals surface area contributed by atoms with Crippen LogP contribution in [0.25, 0.3) is 0 Å². The predicted octanol–water partition coefficient (Wildman–Crippen LogP) is -0.466. The molecule has 1 amide bonds. The van der Waals surface area contributed by atoms with Crippen molar-refractivity contribution in [1.82, 2.24) is 10.2 Å². The number of ketones is 1. The van der Waals surface area contributed by atoms with E-state index in [2.05, 4.69) is 5.32 Å². The molecule has 5 atom stereocenters. The zero-order valence-electron chi connectivity index (χ0n) is 13.7. The second-order valence-corrected chi connectivity index (χ2v) is 9.13. The van der Waals surface area contributed by atoms with Gasteiger partial charge in [-0.05, 0) is 19.9 Å². The maximum Gasteiger partial charge on any atom is 0.354 e. The highest BCUT2D eigenvalue weighted by atomic mass is 32.2. The van der Waals surface area contributed by atoms with Crippen molar-refractivity contribution in [2.24, 2.45) is 11.7 Å². The molecular formula is C15H21N3O5S2. The SMILES string of the molecule is CC(O)C1C(=O)N2C(C(=O)O)=C(SC3CCNC3)S[C@H]12.NC1CC1=O. The molecule has 2 saturated heterocycles. The van der Waals surface area contributed by atoms with E-state index in [1.54, 1.807) is 6.92 Å². The molecule has 8 nitrogen and oxygen atoms in total. The summed E-state index contributed by atoms with van der Waals surface area (Å²) in [6.07, 6.45) is 0.865. The number of carbonyl (C=O) groups is 3. The van der Waals surface area contributed by atoms with E-state index >= 15 is 0 Å². The van der Waals surface area contributed by atoms with Gasteiger partial charge in [0.05, 0.1) is 22.3 Å². The van der Waals surface area contributed by atoms with Gasteiger partial charge in [-0.15, -0.1) is 11.8 Å². The molecule has 0 aromatic rings. The van der Waals surface area contributed by atoms with Crippen LogP contribution in [0, 0.1) is 5.92 Å².